The van der Waals surface area contributed by atoms with Crippen molar-refractivity contribution in [3.05, 3.63) is 243 Å². The zero-order valence-corrected chi connectivity index (χ0v) is 35.7. The van der Waals surface area contributed by atoms with Gasteiger partial charge in [-0.05, 0) is 97.1 Å². The lowest BCUT2D eigenvalue weighted by atomic mass is 10.3. The normalized spacial score (nSPS) is 11.4. The fourth-order valence-electron chi connectivity index (χ4n) is 5.74. The van der Waals surface area contributed by atoms with E-state index in [4.69, 9.17) is 43.6 Å². The average Bonchev–Trinajstić information content (AvgIpc) is 3.29. The minimum atomic E-state index is -5.10. The molecule has 0 fully saturated rings. The second-order valence-electron chi connectivity index (χ2n) is 13.0. The van der Waals surface area contributed by atoms with Gasteiger partial charge in [0.1, 0.15) is 46.0 Å². The highest BCUT2D eigenvalue weighted by molar-refractivity contribution is 6.76. The molecule has 8 rings (SSSR count). The van der Waals surface area contributed by atoms with Gasteiger partial charge in [-0.25, -0.2) is 0 Å². The molecule has 0 aliphatic carbocycles. The molecule has 0 aliphatic heterocycles. The van der Waals surface area contributed by atoms with Crippen molar-refractivity contribution in [3.8, 4) is 46.0 Å². The Morgan fingerprint density at radius 3 is 0.443 bits per heavy atom. The monoisotopic (exact) mass is 860 g/mol. The van der Waals surface area contributed by atoms with E-state index in [1.165, 1.54) is 0 Å². The Kier molecular flexibility index (Phi) is 13.1. The molecule has 0 N–H and O–H groups in total. The lowest BCUT2D eigenvalue weighted by Crippen LogP contribution is -2.74. The Morgan fingerprint density at radius 1 is 0.164 bits per heavy atom. The van der Waals surface area contributed by atoms with Crippen LogP contribution in [0.4, 0.5) is 0 Å². The molecule has 0 radical (unpaired) electrons. The summed E-state index contributed by atoms with van der Waals surface area (Å²) in [5, 5.41) is 0. The molecule has 0 atom stereocenters. The third-order valence-electron chi connectivity index (χ3n) is 8.39. The van der Waals surface area contributed by atoms with Gasteiger partial charge >= 0.3 is 27.1 Å². The van der Waals surface area contributed by atoms with Gasteiger partial charge in [-0.1, -0.05) is 146 Å². The Balaban J connectivity index is 1.38. The Labute approximate surface area is 358 Å². The Morgan fingerprint density at radius 2 is 0.295 bits per heavy atom. The van der Waals surface area contributed by atoms with E-state index in [1.54, 1.807) is 97.1 Å². The molecule has 0 aliphatic rings. The van der Waals surface area contributed by atoms with Crippen LogP contribution >= 0.6 is 0 Å². The summed E-state index contributed by atoms with van der Waals surface area (Å²) in [6, 6.07) is 72.3. The molecule has 0 heterocycles. The van der Waals surface area contributed by atoms with Gasteiger partial charge in [-0.3, -0.25) is 8.23 Å². The van der Waals surface area contributed by atoms with Crippen LogP contribution in [0.5, 0.6) is 46.0 Å². The van der Waals surface area contributed by atoms with E-state index in [-0.39, 0.29) is 0 Å². The van der Waals surface area contributed by atoms with E-state index in [9.17, 15) is 0 Å². The van der Waals surface area contributed by atoms with Crippen molar-refractivity contribution < 1.29 is 43.6 Å². The standard InChI is InChI=1S/C48H40O10Si3/c1-9-25-41(26-10-1)49-59(50-42-27-11-2-12-28-42,51-43-29-13-3-14-30-43)57-61(55-47-37-21-7-22-38-47,56-48-39-23-8-24-40-48)58-60(52-44-31-15-4-16-32-44,53-45-33-17-5-18-34-45)54-46-35-19-6-20-36-46/h1-40H. The lowest BCUT2D eigenvalue weighted by molar-refractivity contribution is 0.0395. The van der Waals surface area contributed by atoms with Crippen LogP contribution in [0.25, 0.3) is 0 Å². The lowest BCUT2D eigenvalue weighted by Gasteiger charge is -2.38. The molecule has 304 valence electrons. The Hall–Kier alpha value is -7.27. The first kappa shape index (κ1) is 40.5. The molecular formula is C48H40O10Si3. The largest absolute Gasteiger partial charge is 0.889 e. The topological polar surface area (TPSA) is 92.3 Å². The zero-order chi connectivity index (χ0) is 41.5. The van der Waals surface area contributed by atoms with Crippen LogP contribution < -0.4 is 35.4 Å². The molecule has 0 saturated heterocycles. The van der Waals surface area contributed by atoms with E-state index >= 15 is 0 Å². The first-order valence-corrected chi connectivity index (χ1v) is 24.3. The van der Waals surface area contributed by atoms with Gasteiger partial charge in [-0.15, -0.1) is 0 Å². The van der Waals surface area contributed by atoms with Gasteiger partial charge in [0.15, 0.2) is 0 Å². The number of para-hydroxylation sites is 8. The highest BCUT2D eigenvalue weighted by atomic mass is 28.5. The smallest absolute Gasteiger partial charge is 0.472 e. The molecule has 8 aromatic rings. The maximum atomic E-state index is 7.35. The fourth-order valence-corrected chi connectivity index (χ4v) is 14.1. The van der Waals surface area contributed by atoms with E-state index in [0.717, 1.165) is 0 Å². The third kappa shape index (κ3) is 11.5. The predicted octanol–water partition coefficient (Wildman–Crippen LogP) is 11.0. The highest BCUT2D eigenvalue weighted by Gasteiger charge is 2.75. The second-order valence-corrected chi connectivity index (χ2v) is 19.3. The summed E-state index contributed by atoms with van der Waals surface area (Å²) in [5.41, 5.74) is 0. The number of hydrogen-bond donors (Lipinski definition) is 0. The molecule has 0 amide bonds. The summed E-state index contributed by atoms with van der Waals surface area (Å²) < 4.78 is 69.9. The number of hydrogen-bond acceptors (Lipinski definition) is 10. The molecule has 0 aromatic heterocycles. The molecule has 8 aromatic carbocycles. The van der Waals surface area contributed by atoms with Crippen LogP contribution in [0, 0.1) is 0 Å². The predicted molar refractivity (Wildman–Crippen MR) is 236 cm³/mol. The molecule has 0 bridgehead atoms. The van der Waals surface area contributed by atoms with Crippen molar-refractivity contribution in [2.75, 3.05) is 0 Å². The minimum absolute atomic E-state index is 0.314. The van der Waals surface area contributed by atoms with Gasteiger partial charge in [0.25, 0.3) is 0 Å². The maximum absolute atomic E-state index is 7.35. The van der Waals surface area contributed by atoms with Crippen LogP contribution in [0.1, 0.15) is 0 Å². The summed E-state index contributed by atoms with van der Waals surface area (Å²) >= 11 is 0. The van der Waals surface area contributed by atoms with Crippen LogP contribution in [-0.2, 0) is 8.23 Å². The van der Waals surface area contributed by atoms with E-state index < -0.39 is 27.1 Å². The average molecular weight is 861 g/mol. The first-order chi connectivity index (χ1) is 30.0. The van der Waals surface area contributed by atoms with Crippen molar-refractivity contribution >= 4 is 27.1 Å². The van der Waals surface area contributed by atoms with Gasteiger partial charge in [0, 0.05) is 0 Å². The van der Waals surface area contributed by atoms with Crippen LogP contribution in [0.2, 0.25) is 0 Å². The van der Waals surface area contributed by atoms with Crippen molar-refractivity contribution in [1.82, 2.24) is 0 Å². The van der Waals surface area contributed by atoms with Crippen LogP contribution in [0.15, 0.2) is 243 Å². The molecule has 61 heavy (non-hydrogen) atoms. The summed E-state index contributed by atoms with van der Waals surface area (Å²) in [4.78, 5) is 0. The van der Waals surface area contributed by atoms with Gasteiger partial charge in [0.05, 0.1) is 0 Å². The van der Waals surface area contributed by atoms with Crippen molar-refractivity contribution in [2.45, 2.75) is 0 Å². The van der Waals surface area contributed by atoms with Gasteiger partial charge in [0.2, 0.25) is 0 Å². The molecule has 0 spiro atoms. The molecule has 0 saturated carbocycles. The fraction of sp³-hybridized carbons (Fsp3) is 0. The molecule has 0 unspecified atom stereocenters. The molecule has 13 heteroatoms. The summed E-state index contributed by atoms with van der Waals surface area (Å²) in [5.74, 6) is 2.84. The quantitative estimate of drug-likeness (QED) is 0.0690. The van der Waals surface area contributed by atoms with E-state index in [1.807, 2.05) is 146 Å². The summed E-state index contributed by atoms with van der Waals surface area (Å²) in [6.07, 6.45) is 0. The van der Waals surface area contributed by atoms with Crippen molar-refractivity contribution in [2.24, 2.45) is 0 Å². The van der Waals surface area contributed by atoms with Crippen LogP contribution in [-0.4, -0.2) is 27.1 Å². The van der Waals surface area contributed by atoms with Crippen LogP contribution in [0.3, 0.4) is 0 Å². The van der Waals surface area contributed by atoms with E-state index in [0.29, 0.717) is 46.0 Å². The molecular weight excluding hydrogens is 821 g/mol. The first-order valence-electron chi connectivity index (χ1n) is 19.4. The van der Waals surface area contributed by atoms with Gasteiger partial charge < -0.3 is 35.4 Å². The SMILES string of the molecule is c1ccc(O[Si](Oc2ccccc2)(Oc2ccccc2)O[Si](Oc2ccccc2)(Oc2ccccc2)O[Si](Oc2ccccc2)(Oc2ccccc2)Oc2ccccc2)cc1. The van der Waals surface area contributed by atoms with E-state index in [2.05, 4.69) is 0 Å². The summed E-state index contributed by atoms with van der Waals surface area (Å²) in [7, 11) is -14.7. The Bertz CT molecular complexity index is 2100. The highest BCUT2D eigenvalue weighted by Crippen LogP contribution is 2.35. The summed E-state index contributed by atoms with van der Waals surface area (Å²) in [6.45, 7) is 0. The third-order valence-corrected chi connectivity index (χ3v) is 16.3. The number of benzene rings is 8. The number of rotatable bonds is 20. The zero-order valence-electron chi connectivity index (χ0n) is 32.7. The molecule has 10 nitrogen and oxygen atoms in total. The van der Waals surface area contributed by atoms with Gasteiger partial charge in [-0.2, -0.15) is 0 Å². The van der Waals surface area contributed by atoms with Crippen molar-refractivity contribution in [3.63, 3.8) is 0 Å². The second kappa shape index (κ2) is 19.7. The van der Waals surface area contributed by atoms with Crippen molar-refractivity contribution in [1.29, 1.82) is 0 Å². The maximum Gasteiger partial charge on any atom is 0.889 e. The minimum Gasteiger partial charge on any atom is -0.472 e.